The third-order valence-corrected chi connectivity index (χ3v) is 2.97. The summed E-state index contributed by atoms with van der Waals surface area (Å²) in [6.07, 6.45) is 3.30. The van der Waals surface area contributed by atoms with Crippen LogP contribution in [0.1, 0.15) is 25.0 Å². The Balaban J connectivity index is 3.24. The molecule has 0 atom stereocenters. The van der Waals surface area contributed by atoms with E-state index in [9.17, 15) is 4.79 Å². The van der Waals surface area contributed by atoms with E-state index in [-0.39, 0.29) is 6.61 Å². The summed E-state index contributed by atoms with van der Waals surface area (Å²) in [7, 11) is 2.90. The molecule has 0 spiro atoms. The zero-order valence-electron chi connectivity index (χ0n) is 13.1. The van der Waals surface area contributed by atoms with Gasteiger partial charge in [-0.3, -0.25) is 0 Å². The first-order valence-electron chi connectivity index (χ1n) is 6.59. The molecule has 5 nitrogen and oxygen atoms in total. The summed E-state index contributed by atoms with van der Waals surface area (Å²) < 4.78 is 15.8. The number of aliphatic hydroxyl groups is 1. The Kier molecular flexibility index (Phi) is 5.79. The van der Waals surface area contributed by atoms with Gasteiger partial charge in [-0.2, -0.15) is 0 Å². The van der Waals surface area contributed by atoms with Crippen molar-refractivity contribution in [3.05, 3.63) is 29.3 Å². The molecule has 0 fully saturated rings. The summed E-state index contributed by atoms with van der Waals surface area (Å²) in [5, 5.41) is 8.93. The Hall–Kier alpha value is -2.01. The summed E-state index contributed by atoms with van der Waals surface area (Å²) in [4.78, 5) is 11.7. The molecule has 0 heterocycles. The number of carbonyl (C=O) groups is 1. The lowest BCUT2D eigenvalue weighted by Gasteiger charge is -2.25. The highest BCUT2D eigenvalue weighted by Gasteiger charge is 2.31. The van der Waals surface area contributed by atoms with Crippen molar-refractivity contribution in [3.8, 4) is 11.5 Å². The minimum absolute atomic E-state index is 0.0873. The fraction of sp³-hybridized carbons (Fsp3) is 0.438. The molecule has 1 N–H and O–H groups in total. The molecule has 0 radical (unpaired) electrons. The number of methoxy groups -OCH3 is 2. The van der Waals surface area contributed by atoms with Crippen LogP contribution in [0.15, 0.2) is 18.2 Å². The standard InChI is InChI=1S/C16H22O5/c1-11-9-14(21-16(2,3)15(18)20-5)12(7-6-8-17)10-13(11)19-4/h6-7,9-10,17H,8H2,1-5H3/b7-6+. The van der Waals surface area contributed by atoms with E-state index in [0.717, 1.165) is 5.56 Å². The summed E-state index contributed by atoms with van der Waals surface area (Å²) in [5.41, 5.74) is 0.482. The molecule has 0 saturated carbocycles. The number of hydrogen-bond acceptors (Lipinski definition) is 5. The summed E-state index contributed by atoms with van der Waals surface area (Å²) >= 11 is 0. The van der Waals surface area contributed by atoms with Crippen molar-refractivity contribution >= 4 is 12.0 Å². The average molecular weight is 294 g/mol. The first-order valence-corrected chi connectivity index (χ1v) is 6.59. The number of hydrogen-bond donors (Lipinski definition) is 1. The Morgan fingerprint density at radius 3 is 2.48 bits per heavy atom. The van der Waals surface area contributed by atoms with Crippen LogP contribution in [0.4, 0.5) is 0 Å². The zero-order valence-corrected chi connectivity index (χ0v) is 13.1. The van der Waals surface area contributed by atoms with Gasteiger partial charge in [0.2, 0.25) is 0 Å². The molecule has 116 valence electrons. The van der Waals surface area contributed by atoms with Crippen LogP contribution in [0, 0.1) is 6.92 Å². The van der Waals surface area contributed by atoms with E-state index < -0.39 is 11.6 Å². The lowest BCUT2D eigenvalue weighted by molar-refractivity contribution is -0.156. The van der Waals surface area contributed by atoms with E-state index in [0.29, 0.717) is 17.1 Å². The van der Waals surface area contributed by atoms with Gasteiger partial charge in [-0.25, -0.2) is 4.79 Å². The van der Waals surface area contributed by atoms with Crippen molar-refractivity contribution in [2.24, 2.45) is 0 Å². The quantitative estimate of drug-likeness (QED) is 0.816. The third kappa shape index (κ3) is 4.23. The first-order chi connectivity index (χ1) is 9.85. The normalized spacial score (nSPS) is 11.5. The van der Waals surface area contributed by atoms with E-state index in [1.807, 2.05) is 6.92 Å². The van der Waals surface area contributed by atoms with Crippen LogP contribution in [-0.4, -0.2) is 37.5 Å². The third-order valence-electron chi connectivity index (χ3n) is 2.97. The van der Waals surface area contributed by atoms with Crippen LogP contribution in [0.5, 0.6) is 11.5 Å². The highest BCUT2D eigenvalue weighted by molar-refractivity contribution is 5.79. The molecule has 0 aliphatic rings. The Labute approximate surface area is 125 Å². The molecule has 0 aliphatic heterocycles. The van der Waals surface area contributed by atoms with Crippen molar-refractivity contribution in [1.29, 1.82) is 0 Å². The molecule has 0 aliphatic carbocycles. The maximum atomic E-state index is 11.7. The second-order valence-corrected chi connectivity index (χ2v) is 5.05. The van der Waals surface area contributed by atoms with Gasteiger partial charge in [-0.15, -0.1) is 0 Å². The van der Waals surface area contributed by atoms with Crippen molar-refractivity contribution in [1.82, 2.24) is 0 Å². The van der Waals surface area contributed by atoms with Crippen molar-refractivity contribution < 1.29 is 24.1 Å². The summed E-state index contributed by atoms with van der Waals surface area (Å²) in [6, 6.07) is 3.59. The van der Waals surface area contributed by atoms with Crippen molar-refractivity contribution in [3.63, 3.8) is 0 Å². The minimum Gasteiger partial charge on any atom is -0.496 e. The molecular formula is C16H22O5. The van der Waals surface area contributed by atoms with Crippen LogP contribution in [0.25, 0.3) is 6.08 Å². The van der Waals surface area contributed by atoms with Crippen LogP contribution in [0.3, 0.4) is 0 Å². The fourth-order valence-corrected chi connectivity index (χ4v) is 1.86. The molecule has 21 heavy (non-hydrogen) atoms. The first kappa shape index (κ1) is 17.0. The van der Waals surface area contributed by atoms with Gasteiger partial charge in [0.1, 0.15) is 11.5 Å². The number of aliphatic hydroxyl groups excluding tert-OH is 1. The molecule has 5 heteroatoms. The second kappa shape index (κ2) is 7.13. The van der Waals surface area contributed by atoms with Gasteiger partial charge >= 0.3 is 5.97 Å². The van der Waals surface area contributed by atoms with E-state index in [2.05, 4.69) is 0 Å². The minimum atomic E-state index is -1.11. The second-order valence-electron chi connectivity index (χ2n) is 5.05. The summed E-state index contributed by atoms with van der Waals surface area (Å²) in [6.45, 7) is 5.07. The summed E-state index contributed by atoms with van der Waals surface area (Å²) in [5.74, 6) is 0.761. The number of benzene rings is 1. The van der Waals surface area contributed by atoms with E-state index >= 15 is 0 Å². The van der Waals surface area contributed by atoms with Crippen LogP contribution >= 0.6 is 0 Å². The lowest BCUT2D eigenvalue weighted by atomic mass is 10.1. The van der Waals surface area contributed by atoms with Gasteiger partial charge in [0.05, 0.1) is 20.8 Å². The smallest absolute Gasteiger partial charge is 0.349 e. The van der Waals surface area contributed by atoms with Gasteiger partial charge in [-0.05, 0) is 38.5 Å². The fourth-order valence-electron chi connectivity index (χ4n) is 1.86. The largest absolute Gasteiger partial charge is 0.496 e. The number of ether oxygens (including phenoxy) is 3. The number of carbonyl (C=O) groups excluding carboxylic acids is 1. The predicted octanol–water partition coefficient (Wildman–Crippen LogP) is 2.34. The molecule has 0 unspecified atom stereocenters. The zero-order chi connectivity index (χ0) is 16.0. The molecule has 1 aromatic rings. The highest BCUT2D eigenvalue weighted by atomic mass is 16.6. The van der Waals surface area contributed by atoms with Gasteiger partial charge < -0.3 is 19.3 Å². The van der Waals surface area contributed by atoms with Gasteiger partial charge in [-0.1, -0.05) is 12.2 Å². The van der Waals surface area contributed by atoms with Crippen LogP contribution < -0.4 is 9.47 Å². The Morgan fingerprint density at radius 2 is 1.95 bits per heavy atom. The highest BCUT2D eigenvalue weighted by Crippen LogP contribution is 2.32. The Morgan fingerprint density at radius 1 is 1.29 bits per heavy atom. The Bertz CT molecular complexity index is 532. The van der Waals surface area contributed by atoms with E-state index in [1.165, 1.54) is 7.11 Å². The molecule has 1 aromatic carbocycles. The van der Waals surface area contributed by atoms with E-state index in [4.69, 9.17) is 19.3 Å². The lowest BCUT2D eigenvalue weighted by Crippen LogP contribution is -2.39. The molecule has 0 bridgehead atoms. The molecule has 0 amide bonds. The predicted molar refractivity (Wildman–Crippen MR) is 80.6 cm³/mol. The van der Waals surface area contributed by atoms with Crippen molar-refractivity contribution in [2.75, 3.05) is 20.8 Å². The van der Waals surface area contributed by atoms with Crippen LogP contribution in [-0.2, 0) is 9.53 Å². The monoisotopic (exact) mass is 294 g/mol. The maximum Gasteiger partial charge on any atom is 0.349 e. The topological polar surface area (TPSA) is 65.0 Å². The number of esters is 1. The maximum absolute atomic E-state index is 11.7. The average Bonchev–Trinajstić information content (AvgIpc) is 2.45. The molecule has 0 saturated heterocycles. The molecule has 1 rings (SSSR count). The van der Waals surface area contributed by atoms with Gasteiger partial charge in [0.15, 0.2) is 5.60 Å². The van der Waals surface area contributed by atoms with Gasteiger partial charge in [0, 0.05) is 5.56 Å². The van der Waals surface area contributed by atoms with Crippen molar-refractivity contribution in [2.45, 2.75) is 26.4 Å². The molecular weight excluding hydrogens is 272 g/mol. The SMILES string of the molecule is COC(=O)C(C)(C)Oc1cc(C)c(OC)cc1/C=C/CO. The van der Waals surface area contributed by atoms with E-state index in [1.54, 1.807) is 45.2 Å². The number of aryl methyl sites for hydroxylation is 1. The number of rotatable bonds is 6. The molecule has 0 aromatic heterocycles. The van der Waals surface area contributed by atoms with Gasteiger partial charge in [0.25, 0.3) is 0 Å². The van der Waals surface area contributed by atoms with Crippen LogP contribution in [0.2, 0.25) is 0 Å².